The van der Waals surface area contributed by atoms with Crippen LogP contribution in [0.25, 0.3) is 0 Å². The van der Waals surface area contributed by atoms with Gasteiger partial charge in [0.15, 0.2) is 0 Å². The first kappa shape index (κ1) is 9.97. The maximum atomic E-state index is 7.54. The minimum absolute atomic E-state index is 0.172. The summed E-state index contributed by atoms with van der Waals surface area (Å²) in [6, 6.07) is 8.22. The van der Waals surface area contributed by atoms with E-state index in [4.69, 9.17) is 5.41 Å². The average molecular weight is 175 g/mol. The molecule has 1 aromatic carbocycles. The zero-order valence-corrected chi connectivity index (χ0v) is 8.81. The van der Waals surface area contributed by atoms with Crippen molar-refractivity contribution < 1.29 is 0 Å². The van der Waals surface area contributed by atoms with Gasteiger partial charge in [-0.25, -0.2) is 0 Å². The second kappa shape index (κ2) is 3.33. The van der Waals surface area contributed by atoms with Gasteiger partial charge in [0, 0.05) is 5.71 Å². The van der Waals surface area contributed by atoms with Crippen LogP contribution in [0.15, 0.2) is 24.3 Å². The monoisotopic (exact) mass is 175 g/mol. The molecule has 0 aliphatic heterocycles. The lowest BCUT2D eigenvalue weighted by atomic mass is 9.86. The lowest BCUT2D eigenvalue weighted by Gasteiger charge is -2.19. The van der Waals surface area contributed by atoms with Gasteiger partial charge in [-0.05, 0) is 29.5 Å². The fraction of sp³-hybridized carbons (Fsp3) is 0.417. The topological polar surface area (TPSA) is 23.9 Å². The van der Waals surface area contributed by atoms with Crippen LogP contribution >= 0.6 is 0 Å². The fourth-order valence-electron chi connectivity index (χ4n) is 1.22. The molecule has 1 aromatic rings. The van der Waals surface area contributed by atoms with Crippen LogP contribution in [0.2, 0.25) is 0 Å². The largest absolute Gasteiger partial charge is 0.305 e. The van der Waals surface area contributed by atoms with Gasteiger partial charge in [-0.1, -0.05) is 39.0 Å². The van der Waals surface area contributed by atoms with Gasteiger partial charge in [-0.2, -0.15) is 0 Å². The number of nitrogens with one attached hydrogen (secondary N) is 1. The average Bonchev–Trinajstić information content (AvgIpc) is 2.03. The summed E-state index contributed by atoms with van der Waals surface area (Å²) < 4.78 is 0. The van der Waals surface area contributed by atoms with E-state index in [1.807, 2.05) is 19.1 Å². The number of benzene rings is 1. The zero-order valence-electron chi connectivity index (χ0n) is 8.81. The van der Waals surface area contributed by atoms with Gasteiger partial charge >= 0.3 is 0 Å². The van der Waals surface area contributed by atoms with Crippen LogP contribution in [0.4, 0.5) is 0 Å². The maximum absolute atomic E-state index is 7.54. The molecule has 0 amide bonds. The lowest BCUT2D eigenvalue weighted by Crippen LogP contribution is -2.11. The highest BCUT2D eigenvalue weighted by atomic mass is 14.4. The Morgan fingerprint density at radius 1 is 1.23 bits per heavy atom. The maximum Gasteiger partial charge on any atom is 0.0355 e. The SMILES string of the molecule is CC(=N)c1cccc(C(C)(C)C)c1. The van der Waals surface area contributed by atoms with Crippen molar-refractivity contribution in [3.63, 3.8) is 0 Å². The summed E-state index contributed by atoms with van der Waals surface area (Å²) in [6.45, 7) is 8.38. The lowest BCUT2D eigenvalue weighted by molar-refractivity contribution is 0.590. The molecule has 0 radical (unpaired) electrons. The summed E-state index contributed by atoms with van der Waals surface area (Å²) in [5, 5.41) is 7.54. The fourth-order valence-corrected chi connectivity index (χ4v) is 1.22. The Morgan fingerprint density at radius 3 is 2.31 bits per heavy atom. The Bertz CT molecular complexity index is 318. The molecule has 0 heterocycles. The first-order valence-electron chi connectivity index (χ1n) is 4.57. The van der Waals surface area contributed by atoms with Crippen LogP contribution in [0, 0.1) is 5.41 Å². The minimum Gasteiger partial charge on any atom is -0.305 e. The van der Waals surface area contributed by atoms with Crippen LogP contribution in [0.3, 0.4) is 0 Å². The van der Waals surface area contributed by atoms with Crippen molar-refractivity contribution in [3.05, 3.63) is 35.4 Å². The predicted octanol–water partition coefficient (Wildman–Crippen LogP) is 3.37. The van der Waals surface area contributed by atoms with E-state index in [-0.39, 0.29) is 5.41 Å². The van der Waals surface area contributed by atoms with Crippen molar-refractivity contribution in [2.24, 2.45) is 0 Å². The smallest absolute Gasteiger partial charge is 0.0355 e. The first-order chi connectivity index (χ1) is 5.91. The van der Waals surface area contributed by atoms with Gasteiger partial charge in [0.2, 0.25) is 0 Å². The summed E-state index contributed by atoms with van der Waals surface area (Å²) >= 11 is 0. The molecule has 0 atom stereocenters. The Balaban J connectivity index is 3.13. The van der Waals surface area contributed by atoms with E-state index in [2.05, 4.69) is 32.9 Å². The van der Waals surface area contributed by atoms with E-state index in [1.165, 1.54) is 5.56 Å². The van der Waals surface area contributed by atoms with Gasteiger partial charge in [0.25, 0.3) is 0 Å². The Hall–Kier alpha value is -1.11. The summed E-state index contributed by atoms with van der Waals surface area (Å²) in [5.41, 5.74) is 3.11. The molecule has 1 nitrogen and oxygen atoms in total. The van der Waals surface area contributed by atoms with Crippen molar-refractivity contribution in [1.82, 2.24) is 0 Å². The Kier molecular flexibility index (Phi) is 2.55. The van der Waals surface area contributed by atoms with E-state index >= 15 is 0 Å². The molecule has 0 saturated heterocycles. The van der Waals surface area contributed by atoms with Gasteiger partial charge in [-0.3, -0.25) is 0 Å². The third-order valence-corrected chi connectivity index (χ3v) is 2.16. The first-order valence-corrected chi connectivity index (χ1v) is 4.57. The minimum atomic E-state index is 0.172. The summed E-state index contributed by atoms with van der Waals surface area (Å²) in [6.07, 6.45) is 0. The predicted molar refractivity (Wildman–Crippen MR) is 57.6 cm³/mol. The van der Waals surface area contributed by atoms with E-state index < -0.39 is 0 Å². The van der Waals surface area contributed by atoms with E-state index in [0.29, 0.717) is 5.71 Å². The van der Waals surface area contributed by atoms with Crippen LogP contribution in [0.1, 0.15) is 38.8 Å². The Labute approximate surface area is 80.3 Å². The summed E-state index contributed by atoms with van der Waals surface area (Å²) in [7, 11) is 0. The molecule has 0 unspecified atom stereocenters. The summed E-state index contributed by atoms with van der Waals surface area (Å²) in [5.74, 6) is 0. The third kappa shape index (κ3) is 2.41. The molecule has 70 valence electrons. The molecule has 0 spiro atoms. The number of rotatable bonds is 1. The molecule has 0 saturated carbocycles. The van der Waals surface area contributed by atoms with Crippen molar-refractivity contribution in [2.45, 2.75) is 33.1 Å². The number of hydrogen-bond donors (Lipinski definition) is 1. The highest BCUT2D eigenvalue weighted by Gasteiger charge is 2.13. The van der Waals surface area contributed by atoms with Crippen molar-refractivity contribution in [2.75, 3.05) is 0 Å². The molecule has 1 N–H and O–H groups in total. The molecule has 13 heavy (non-hydrogen) atoms. The number of hydrogen-bond acceptors (Lipinski definition) is 1. The van der Waals surface area contributed by atoms with E-state index in [0.717, 1.165) is 5.56 Å². The molecule has 1 rings (SSSR count). The second-order valence-corrected chi connectivity index (χ2v) is 4.46. The molecule has 1 heteroatoms. The molecule has 0 aliphatic rings. The molecular formula is C12H17N. The second-order valence-electron chi connectivity index (χ2n) is 4.46. The normalized spacial score (nSPS) is 11.4. The van der Waals surface area contributed by atoms with E-state index in [9.17, 15) is 0 Å². The van der Waals surface area contributed by atoms with Crippen LogP contribution < -0.4 is 0 Å². The zero-order chi connectivity index (χ0) is 10.1. The van der Waals surface area contributed by atoms with Crippen LogP contribution in [-0.4, -0.2) is 5.71 Å². The molecular weight excluding hydrogens is 158 g/mol. The van der Waals surface area contributed by atoms with Crippen LogP contribution in [0.5, 0.6) is 0 Å². The van der Waals surface area contributed by atoms with Crippen molar-refractivity contribution in [1.29, 1.82) is 5.41 Å². The summed E-state index contributed by atoms with van der Waals surface area (Å²) in [4.78, 5) is 0. The quantitative estimate of drug-likeness (QED) is 0.633. The highest BCUT2D eigenvalue weighted by Crippen LogP contribution is 2.22. The van der Waals surface area contributed by atoms with Gasteiger partial charge < -0.3 is 5.41 Å². The van der Waals surface area contributed by atoms with Gasteiger partial charge in [-0.15, -0.1) is 0 Å². The molecule has 0 fully saturated rings. The van der Waals surface area contributed by atoms with Gasteiger partial charge in [0.1, 0.15) is 0 Å². The molecule has 0 aliphatic carbocycles. The van der Waals surface area contributed by atoms with Crippen LogP contribution in [-0.2, 0) is 5.41 Å². The highest BCUT2D eigenvalue weighted by molar-refractivity contribution is 5.96. The van der Waals surface area contributed by atoms with Crippen molar-refractivity contribution >= 4 is 5.71 Å². The molecule has 0 aromatic heterocycles. The standard InChI is InChI=1S/C12H17N/c1-9(13)10-6-5-7-11(8-10)12(2,3)4/h5-8,13H,1-4H3. The van der Waals surface area contributed by atoms with E-state index in [1.54, 1.807) is 0 Å². The third-order valence-electron chi connectivity index (χ3n) is 2.16. The van der Waals surface area contributed by atoms with Gasteiger partial charge in [0.05, 0.1) is 0 Å². The molecule has 0 bridgehead atoms. The Morgan fingerprint density at radius 2 is 1.85 bits per heavy atom. The van der Waals surface area contributed by atoms with Crippen molar-refractivity contribution in [3.8, 4) is 0 Å².